The van der Waals surface area contributed by atoms with Crippen LogP contribution in [0.25, 0.3) is 0 Å². The van der Waals surface area contributed by atoms with Crippen molar-refractivity contribution in [2.24, 2.45) is 5.73 Å². The van der Waals surface area contributed by atoms with Crippen LogP contribution < -0.4 is 5.73 Å². The molecule has 0 saturated heterocycles. The molecule has 9 heteroatoms. The zero-order chi connectivity index (χ0) is 18.0. The lowest BCUT2D eigenvalue weighted by molar-refractivity contribution is -0.0478. The third-order valence-corrected chi connectivity index (χ3v) is 5.43. The van der Waals surface area contributed by atoms with Crippen LogP contribution in [-0.2, 0) is 10.0 Å². The van der Waals surface area contributed by atoms with E-state index in [0.717, 1.165) is 0 Å². The molecule has 2 unspecified atom stereocenters. The summed E-state index contributed by atoms with van der Waals surface area (Å²) < 4.78 is 61.8. The van der Waals surface area contributed by atoms with Crippen LogP contribution in [0.1, 0.15) is 23.2 Å². The first kappa shape index (κ1) is 18.7. The van der Waals surface area contributed by atoms with Crippen molar-refractivity contribution < 1.29 is 21.6 Å². The third-order valence-electron chi connectivity index (χ3n) is 3.41. The highest BCUT2D eigenvalue weighted by Crippen LogP contribution is 2.40. The Hall–Kier alpha value is -1.61. The summed E-state index contributed by atoms with van der Waals surface area (Å²) in [5.74, 6) is 0. The number of alkyl halides is 3. The molecule has 2 aromatic carbocycles. The zero-order valence-electron chi connectivity index (χ0n) is 12.2. The maximum atomic E-state index is 12.9. The number of sulfonamides is 1. The van der Waals surface area contributed by atoms with E-state index in [1.807, 2.05) is 0 Å². The van der Waals surface area contributed by atoms with Gasteiger partial charge in [-0.2, -0.15) is 13.2 Å². The minimum absolute atomic E-state index is 0.236. The monoisotopic (exact) mass is 378 g/mol. The van der Waals surface area contributed by atoms with Crippen LogP contribution in [0.3, 0.4) is 0 Å². The molecule has 2 atom stereocenters. The minimum atomic E-state index is -5.76. The lowest BCUT2D eigenvalue weighted by atomic mass is 9.95. The molecule has 0 spiro atoms. The molecule has 4 nitrogen and oxygen atoms in total. The molecule has 130 valence electrons. The van der Waals surface area contributed by atoms with Gasteiger partial charge in [0.2, 0.25) is 0 Å². The summed E-state index contributed by atoms with van der Waals surface area (Å²) in [6.07, 6.45) is 0. The minimum Gasteiger partial charge on any atom is -0.322 e. The Kier molecular flexibility index (Phi) is 5.54. The van der Waals surface area contributed by atoms with Gasteiger partial charge in [0.15, 0.2) is 0 Å². The highest BCUT2D eigenvalue weighted by atomic mass is 35.5. The lowest BCUT2D eigenvalue weighted by Gasteiger charge is -2.30. The zero-order valence-corrected chi connectivity index (χ0v) is 13.8. The first-order chi connectivity index (χ1) is 11.2. The Morgan fingerprint density at radius 2 is 1.33 bits per heavy atom. The molecular weight excluding hydrogens is 365 g/mol. The van der Waals surface area contributed by atoms with Crippen molar-refractivity contribution in [3.05, 3.63) is 71.8 Å². The summed E-state index contributed by atoms with van der Waals surface area (Å²) in [6.45, 7) is 0. The molecule has 0 heterocycles. The molecule has 0 fully saturated rings. The predicted octanol–water partition coefficient (Wildman–Crippen LogP) is 3.73. The molecule has 0 bridgehead atoms. The summed E-state index contributed by atoms with van der Waals surface area (Å²) in [5.41, 5.74) is 1.22. The Morgan fingerprint density at radius 1 is 0.917 bits per heavy atom. The lowest BCUT2D eigenvalue weighted by Crippen LogP contribution is -2.41. The fraction of sp³-hybridized carbons (Fsp3) is 0.200. The second kappa shape index (κ2) is 7.10. The van der Waals surface area contributed by atoms with E-state index in [2.05, 4.69) is 0 Å². The molecule has 0 radical (unpaired) electrons. The molecule has 2 N–H and O–H groups in total. The van der Waals surface area contributed by atoms with Gasteiger partial charge in [-0.1, -0.05) is 64.5 Å². The standard InChI is InChI=1S/C15H14ClF3N2O2S/c16-21(24(22,23)15(17,18)19)14(12-9-5-2-6-10-12)13(20)11-7-3-1-4-8-11/h1-10,13-14H,20H2. The van der Waals surface area contributed by atoms with E-state index >= 15 is 0 Å². The Morgan fingerprint density at radius 3 is 1.75 bits per heavy atom. The number of nitrogens with zero attached hydrogens (tertiary/aromatic N) is 1. The van der Waals surface area contributed by atoms with Crippen LogP contribution in [0.2, 0.25) is 0 Å². The van der Waals surface area contributed by atoms with Gasteiger partial charge < -0.3 is 5.73 Å². The van der Waals surface area contributed by atoms with Gasteiger partial charge in [0.1, 0.15) is 0 Å². The van der Waals surface area contributed by atoms with E-state index in [4.69, 9.17) is 17.5 Å². The quantitative estimate of drug-likeness (QED) is 0.806. The largest absolute Gasteiger partial charge is 0.512 e. The van der Waals surface area contributed by atoms with Crippen LogP contribution in [0.15, 0.2) is 60.7 Å². The first-order valence-corrected chi connectivity index (χ1v) is 8.56. The second-order valence-electron chi connectivity index (χ2n) is 4.98. The molecule has 2 rings (SSSR count). The second-order valence-corrected chi connectivity index (χ2v) is 7.36. The van der Waals surface area contributed by atoms with E-state index in [1.54, 1.807) is 48.5 Å². The topological polar surface area (TPSA) is 63.4 Å². The van der Waals surface area contributed by atoms with Crippen molar-refractivity contribution in [1.82, 2.24) is 3.82 Å². The van der Waals surface area contributed by atoms with Crippen molar-refractivity contribution in [2.45, 2.75) is 17.6 Å². The van der Waals surface area contributed by atoms with Gasteiger partial charge in [0.25, 0.3) is 0 Å². The van der Waals surface area contributed by atoms with Crippen molar-refractivity contribution in [3.8, 4) is 0 Å². The fourth-order valence-electron chi connectivity index (χ4n) is 2.21. The molecular formula is C15H14ClF3N2O2S. The highest BCUT2D eigenvalue weighted by Gasteiger charge is 2.53. The summed E-state index contributed by atoms with van der Waals surface area (Å²) >= 11 is 5.65. The van der Waals surface area contributed by atoms with Gasteiger partial charge >= 0.3 is 15.5 Å². The Bertz CT molecular complexity index is 770. The fourth-order valence-corrected chi connectivity index (χ4v) is 3.43. The van der Waals surface area contributed by atoms with Gasteiger partial charge in [-0.3, -0.25) is 0 Å². The normalized spacial score (nSPS) is 15.2. The predicted molar refractivity (Wildman–Crippen MR) is 85.2 cm³/mol. The van der Waals surface area contributed by atoms with Crippen LogP contribution >= 0.6 is 11.8 Å². The summed E-state index contributed by atoms with van der Waals surface area (Å²) in [5, 5.41) is 0. The number of benzene rings is 2. The van der Waals surface area contributed by atoms with Crippen LogP contribution in [0.4, 0.5) is 13.2 Å². The van der Waals surface area contributed by atoms with Gasteiger partial charge in [0, 0.05) is 0 Å². The van der Waals surface area contributed by atoms with Crippen LogP contribution in [0.5, 0.6) is 0 Å². The molecule has 0 amide bonds. The van der Waals surface area contributed by atoms with Crippen molar-refractivity contribution in [3.63, 3.8) is 0 Å². The Balaban J connectivity index is 2.53. The molecule has 0 aliphatic heterocycles. The molecule has 0 aromatic heterocycles. The third kappa shape index (κ3) is 3.72. The maximum Gasteiger partial charge on any atom is 0.512 e. The smallest absolute Gasteiger partial charge is 0.322 e. The number of hydrogen-bond donors (Lipinski definition) is 1. The molecule has 0 saturated carbocycles. The molecule has 0 aliphatic carbocycles. The molecule has 2 aromatic rings. The average Bonchev–Trinajstić information content (AvgIpc) is 2.55. The number of hydrogen-bond acceptors (Lipinski definition) is 3. The highest BCUT2D eigenvalue weighted by molar-refractivity contribution is 7.90. The van der Waals surface area contributed by atoms with Crippen LogP contribution in [0, 0.1) is 0 Å². The van der Waals surface area contributed by atoms with Crippen LogP contribution in [-0.4, -0.2) is 17.8 Å². The summed E-state index contributed by atoms with van der Waals surface area (Å²) in [6, 6.07) is 13.4. The molecule has 0 aliphatic rings. The summed E-state index contributed by atoms with van der Waals surface area (Å²) in [7, 11) is -5.76. The van der Waals surface area contributed by atoms with E-state index in [1.165, 1.54) is 12.1 Å². The number of nitrogens with two attached hydrogens (primary N) is 1. The van der Waals surface area contributed by atoms with Crippen molar-refractivity contribution >= 4 is 21.8 Å². The van der Waals surface area contributed by atoms with Crippen molar-refractivity contribution in [2.75, 3.05) is 0 Å². The van der Waals surface area contributed by atoms with Gasteiger partial charge in [-0.25, -0.2) is 8.42 Å². The van der Waals surface area contributed by atoms with E-state index in [-0.39, 0.29) is 9.39 Å². The van der Waals surface area contributed by atoms with E-state index in [0.29, 0.717) is 5.56 Å². The summed E-state index contributed by atoms with van der Waals surface area (Å²) in [4.78, 5) is 0. The number of halogens is 4. The van der Waals surface area contributed by atoms with E-state index in [9.17, 15) is 21.6 Å². The average molecular weight is 379 g/mol. The van der Waals surface area contributed by atoms with Crippen molar-refractivity contribution in [1.29, 1.82) is 0 Å². The first-order valence-electron chi connectivity index (χ1n) is 6.78. The van der Waals surface area contributed by atoms with Gasteiger partial charge in [0.05, 0.1) is 12.1 Å². The maximum absolute atomic E-state index is 12.9. The van der Waals surface area contributed by atoms with Gasteiger partial charge in [-0.15, -0.1) is 0 Å². The molecule has 24 heavy (non-hydrogen) atoms. The van der Waals surface area contributed by atoms with Gasteiger partial charge in [-0.05, 0) is 22.9 Å². The Labute approximate surface area is 142 Å². The SMILES string of the molecule is NC(c1ccccc1)C(c1ccccc1)N(Cl)S(=O)(=O)C(F)(F)F. The van der Waals surface area contributed by atoms with E-state index < -0.39 is 27.6 Å². The number of rotatable bonds is 5.